The first-order chi connectivity index (χ1) is 5.70. The van der Waals surface area contributed by atoms with Crippen LogP contribution >= 0.6 is 10.9 Å². The van der Waals surface area contributed by atoms with Crippen molar-refractivity contribution in [2.75, 3.05) is 5.75 Å². The van der Waals surface area contributed by atoms with Gasteiger partial charge in [0.25, 0.3) is 0 Å². The van der Waals surface area contributed by atoms with Crippen molar-refractivity contribution in [3.63, 3.8) is 0 Å². The van der Waals surface area contributed by atoms with Crippen molar-refractivity contribution in [1.29, 1.82) is 0 Å². The van der Waals surface area contributed by atoms with Crippen LogP contribution < -0.4 is 0 Å². The van der Waals surface area contributed by atoms with Gasteiger partial charge >= 0.3 is 5.30 Å². The van der Waals surface area contributed by atoms with Crippen molar-refractivity contribution in [2.45, 2.75) is 11.8 Å². The van der Waals surface area contributed by atoms with Gasteiger partial charge in [-0.2, -0.15) is 0 Å². The highest BCUT2D eigenvalue weighted by atomic mass is 32.2. The molecule has 13 heavy (non-hydrogen) atoms. The Bertz CT molecular complexity index is 278. The summed E-state index contributed by atoms with van der Waals surface area (Å²) in [6.45, 7) is 0. The minimum atomic E-state index is -1.04. The Balaban J connectivity index is 0.000000845. The smallest absolute Gasteiger partial charge is 0.346 e. The predicted octanol–water partition coefficient (Wildman–Crippen LogP) is -0.0734. The molecule has 3 N–H and O–H groups in total. The zero-order chi connectivity index (χ0) is 8.72. The Labute approximate surface area is 77.7 Å². The second-order valence-corrected chi connectivity index (χ2v) is 5.09. The van der Waals surface area contributed by atoms with Gasteiger partial charge in [-0.25, -0.2) is 4.79 Å². The summed E-state index contributed by atoms with van der Waals surface area (Å²) in [5, 5.41) is 8.05. The van der Waals surface area contributed by atoms with Crippen LogP contribution in [0.25, 0.3) is 0 Å². The number of carbonyl (C=O) groups is 2. The van der Waals surface area contributed by atoms with E-state index in [1.807, 2.05) is 0 Å². The normalized spacial score (nSPS) is 32.9. The fourth-order valence-electron chi connectivity index (χ4n) is 1.46. The summed E-state index contributed by atoms with van der Waals surface area (Å²) >= 11 is 0. The minimum Gasteiger partial charge on any atom is -0.474 e. The van der Waals surface area contributed by atoms with E-state index in [0.717, 1.165) is 0 Å². The molecule has 0 saturated carbocycles. The standard InChI is InChI=1S/C7H9NO3S.H2O/c9-5-4-6-8(5)2-1-3-12(6)7(10)11;/h1-2,6,12H,3-4H2,(H,10,11);1H2. The highest BCUT2D eigenvalue weighted by Gasteiger charge is 2.42. The molecule has 2 aliphatic heterocycles. The molecule has 2 heterocycles. The number of thiol groups is 1. The predicted molar refractivity (Wildman–Crippen MR) is 49.9 cm³/mol. The van der Waals surface area contributed by atoms with Crippen molar-refractivity contribution < 1.29 is 20.2 Å². The number of hydrogen-bond acceptors (Lipinski definition) is 2. The number of carboxylic acid groups (broad SMARTS) is 1. The van der Waals surface area contributed by atoms with Crippen LogP contribution in [-0.4, -0.2) is 37.8 Å². The van der Waals surface area contributed by atoms with E-state index in [1.165, 1.54) is 0 Å². The Morgan fingerprint density at radius 2 is 2.38 bits per heavy atom. The number of carbonyl (C=O) groups excluding carboxylic acids is 1. The van der Waals surface area contributed by atoms with Crippen LogP contribution in [-0.2, 0) is 4.79 Å². The molecule has 74 valence electrons. The number of amides is 1. The van der Waals surface area contributed by atoms with E-state index < -0.39 is 16.2 Å². The Morgan fingerprint density at radius 3 is 2.92 bits per heavy atom. The SMILES string of the molecule is O.O=C1CC2N1C=CC[SH]2C(=O)O. The van der Waals surface area contributed by atoms with Crippen molar-refractivity contribution in [2.24, 2.45) is 0 Å². The molecule has 0 bridgehead atoms. The highest BCUT2D eigenvalue weighted by Crippen LogP contribution is 2.44. The van der Waals surface area contributed by atoms with Gasteiger partial charge < -0.3 is 15.5 Å². The van der Waals surface area contributed by atoms with Crippen LogP contribution in [0, 0.1) is 0 Å². The van der Waals surface area contributed by atoms with E-state index in [-0.39, 0.29) is 16.8 Å². The molecule has 2 aliphatic rings. The van der Waals surface area contributed by atoms with Crippen LogP contribution in [0.4, 0.5) is 4.79 Å². The monoisotopic (exact) mass is 205 g/mol. The van der Waals surface area contributed by atoms with E-state index in [4.69, 9.17) is 5.11 Å². The van der Waals surface area contributed by atoms with Gasteiger partial charge in [0.15, 0.2) is 0 Å². The number of fused-ring (bicyclic) bond motifs is 1. The van der Waals surface area contributed by atoms with E-state index in [9.17, 15) is 9.59 Å². The Morgan fingerprint density at radius 1 is 1.69 bits per heavy atom. The average molecular weight is 205 g/mol. The van der Waals surface area contributed by atoms with Crippen LogP contribution in [0.15, 0.2) is 12.3 Å². The first-order valence-electron chi connectivity index (χ1n) is 3.67. The maximum Gasteiger partial charge on any atom is 0.346 e. The third-order valence-corrected chi connectivity index (χ3v) is 4.39. The summed E-state index contributed by atoms with van der Waals surface area (Å²) in [4.78, 5) is 23.2. The Hall–Kier alpha value is -1.01. The van der Waals surface area contributed by atoms with Gasteiger partial charge in [0.05, 0.1) is 11.8 Å². The zero-order valence-corrected chi connectivity index (χ0v) is 7.70. The topological polar surface area (TPSA) is 89.1 Å². The first kappa shape index (κ1) is 10.1. The van der Waals surface area contributed by atoms with E-state index in [0.29, 0.717) is 12.2 Å². The third kappa shape index (κ3) is 1.42. The van der Waals surface area contributed by atoms with Crippen molar-refractivity contribution >= 4 is 22.1 Å². The summed E-state index contributed by atoms with van der Waals surface area (Å²) in [5.41, 5.74) is 0. The van der Waals surface area contributed by atoms with E-state index in [2.05, 4.69) is 0 Å². The first-order valence-corrected chi connectivity index (χ1v) is 5.27. The van der Waals surface area contributed by atoms with Crippen LogP contribution in [0.1, 0.15) is 6.42 Å². The van der Waals surface area contributed by atoms with Crippen LogP contribution in [0.2, 0.25) is 0 Å². The van der Waals surface area contributed by atoms with Crippen LogP contribution in [0.3, 0.4) is 0 Å². The summed E-state index contributed by atoms with van der Waals surface area (Å²) < 4.78 is 0. The molecule has 2 atom stereocenters. The van der Waals surface area contributed by atoms with E-state index in [1.54, 1.807) is 17.2 Å². The molecule has 2 unspecified atom stereocenters. The second-order valence-electron chi connectivity index (χ2n) is 2.81. The van der Waals surface area contributed by atoms with Gasteiger partial charge in [-0.1, -0.05) is 6.08 Å². The molecule has 5 nitrogen and oxygen atoms in total. The molecule has 1 fully saturated rings. The molecule has 0 radical (unpaired) electrons. The molecule has 0 aromatic carbocycles. The lowest BCUT2D eigenvalue weighted by atomic mass is 10.2. The minimum absolute atomic E-state index is 0. The van der Waals surface area contributed by atoms with Crippen molar-refractivity contribution in [1.82, 2.24) is 4.90 Å². The summed E-state index contributed by atoms with van der Waals surface area (Å²) in [5.74, 6) is 0.656. The molecule has 1 saturated heterocycles. The molecule has 0 aliphatic carbocycles. The third-order valence-electron chi connectivity index (χ3n) is 2.14. The number of nitrogens with zero attached hydrogens (tertiary/aromatic N) is 1. The maximum atomic E-state index is 10.9. The van der Waals surface area contributed by atoms with Gasteiger partial charge in [0.1, 0.15) is 0 Å². The quantitative estimate of drug-likeness (QED) is 0.428. The lowest BCUT2D eigenvalue weighted by Gasteiger charge is -2.45. The fraction of sp³-hybridized carbons (Fsp3) is 0.429. The average Bonchev–Trinajstić information content (AvgIpc) is 2.02. The van der Waals surface area contributed by atoms with Gasteiger partial charge in [-0.3, -0.25) is 4.79 Å². The fourth-order valence-corrected chi connectivity index (χ4v) is 3.32. The van der Waals surface area contributed by atoms with Gasteiger partial charge in [-0.15, -0.1) is 10.9 Å². The number of rotatable bonds is 0. The zero-order valence-electron chi connectivity index (χ0n) is 6.80. The molecule has 0 spiro atoms. The van der Waals surface area contributed by atoms with Gasteiger partial charge in [0.2, 0.25) is 5.91 Å². The summed E-state index contributed by atoms with van der Waals surface area (Å²) in [6, 6.07) is 0. The van der Waals surface area contributed by atoms with Crippen LogP contribution in [0.5, 0.6) is 0 Å². The molecule has 1 amide bonds. The van der Waals surface area contributed by atoms with E-state index >= 15 is 0 Å². The molecule has 0 aromatic heterocycles. The maximum absolute atomic E-state index is 10.9. The molecule has 2 rings (SSSR count). The van der Waals surface area contributed by atoms with Crippen molar-refractivity contribution in [3.8, 4) is 0 Å². The second kappa shape index (κ2) is 3.39. The summed E-state index contributed by atoms with van der Waals surface area (Å²) in [7, 11) is -1.04. The molecular weight excluding hydrogens is 194 g/mol. The van der Waals surface area contributed by atoms with Crippen molar-refractivity contribution in [3.05, 3.63) is 12.3 Å². The highest BCUT2D eigenvalue weighted by molar-refractivity contribution is 8.30. The summed E-state index contributed by atoms with van der Waals surface area (Å²) in [6.07, 6.45) is 3.90. The Kier molecular flexibility index (Phi) is 2.63. The number of β-lactam (4-membered cyclic amide) rings is 1. The van der Waals surface area contributed by atoms with Gasteiger partial charge in [0, 0.05) is 12.0 Å². The lowest BCUT2D eigenvalue weighted by molar-refractivity contribution is -0.137. The molecular formula is C7H11NO4S. The van der Waals surface area contributed by atoms with Gasteiger partial charge in [-0.05, 0) is 0 Å². The lowest BCUT2D eigenvalue weighted by Crippen LogP contribution is -2.51. The molecule has 6 heteroatoms. The molecule has 0 aromatic rings. The largest absolute Gasteiger partial charge is 0.474 e. The number of hydrogen-bond donors (Lipinski definition) is 2.